The number of hydrogen-bond donors (Lipinski definition) is 2. The van der Waals surface area contributed by atoms with Gasteiger partial charge in [-0.25, -0.2) is 4.39 Å². The number of fused-ring (bicyclic) bond motifs is 5. The van der Waals surface area contributed by atoms with Crippen molar-refractivity contribution >= 4 is 5.78 Å². The fraction of sp³-hybridized carbons (Fsp3) is 0.679. The summed E-state index contributed by atoms with van der Waals surface area (Å²) in [5.41, 5.74) is 0.637. The van der Waals surface area contributed by atoms with Gasteiger partial charge in [-0.3, -0.25) is 4.79 Å². The van der Waals surface area contributed by atoms with Crippen molar-refractivity contribution in [2.45, 2.75) is 90.1 Å². The standard InChI is InChI=1S/C28H37FO4/c1-18(30)28(32)13-11-24-22-9-6-20-16-27(31,33-17-19-4-7-21(29)8-5-19)15-14-25(20,2)23(22)10-12-26(24,28)3/h4-8,22-24,31-32H,9-17H2,1-3H3/t22-,23+,24+,25+,26+,27-,28+/m1/s1. The molecule has 33 heavy (non-hydrogen) atoms. The SMILES string of the molecule is CC(=O)[C@@]1(O)CC[C@H]2[C@@H]3CC=C4C[C@](O)(OCc5ccc(F)cc5)CC[C@]4(C)[C@H]3CC[C@@]21C. The molecule has 0 spiro atoms. The Morgan fingerprint density at radius 2 is 1.76 bits per heavy atom. The maximum atomic E-state index is 13.2. The number of hydrogen-bond acceptors (Lipinski definition) is 4. The number of rotatable bonds is 4. The molecule has 0 aromatic heterocycles. The van der Waals surface area contributed by atoms with Gasteiger partial charge >= 0.3 is 0 Å². The zero-order chi connectivity index (χ0) is 23.6. The first kappa shape index (κ1) is 23.2. The first-order valence-electron chi connectivity index (χ1n) is 12.5. The second kappa shape index (κ2) is 7.73. The smallest absolute Gasteiger partial charge is 0.169 e. The zero-order valence-corrected chi connectivity index (χ0v) is 20.1. The van der Waals surface area contributed by atoms with Crippen molar-refractivity contribution in [2.75, 3.05) is 0 Å². The maximum absolute atomic E-state index is 13.2. The lowest BCUT2D eigenvalue weighted by Crippen LogP contribution is -2.57. The van der Waals surface area contributed by atoms with Crippen LogP contribution in [0.25, 0.3) is 0 Å². The summed E-state index contributed by atoms with van der Waals surface area (Å²) in [6, 6.07) is 6.22. The highest BCUT2D eigenvalue weighted by atomic mass is 19.1. The number of halogens is 1. The number of ether oxygens (including phenoxy) is 1. The molecule has 0 saturated heterocycles. The normalized spacial score (nSPS) is 44.4. The first-order chi connectivity index (χ1) is 15.5. The van der Waals surface area contributed by atoms with Crippen LogP contribution in [-0.4, -0.2) is 27.4 Å². The largest absolute Gasteiger partial charge is 0.382 e. The Bertz CT molecular complexity index is 973. The molecule has 0 heterocycles. The van der Waals surface area contributed by atoms with Gasteiger partial charge in [0.2, 0.25) is 0 Å². The van der Waals surface area contributed by atoms with Crippen molar-refractivity contribution in [3.05, 3.63) is 47.3 Å². The van der Waals surface area contributed by atoms with E-state index < -0.39 is 11.4 Å². The van der Waals surface area contributed by atoms with Crippen LogP contribution in [0.1, 0.15) is 77.7 Å². The van der Waals surface area contributed by atoms with Crippen molar-refractivity contribution in [2.24, 2.45) is 28.6 Å². The van der Waals surface area contributed by atoms with Gasteiger partial charge in [0.15, 0.2) is 11.6 Å². The van der Waals surface area contributed by atoms with Crippen LogP contribution in [-0.2, 0) is 16.1 Å². The molecule has 1 aromatic carbocycles. The minimum Gasteiger partial charge on any atom is -0.382 e. The van der Waals surface area contributed by atoms with Crippen LogP contribution in [0.4, 0.5) is 4.39 Å². The molecule has 1 aromatic rings. The molecular formula is C28H37FO4. The summed E-state index contributed by atoms with van der Waals surface area (Å²) in [6.07, 6.45) is 8.59. The summed E-state index contributed by atoms with van der Waals surface area (Å²) < 4.78 is 19.2. The summed E-state index contributed by atoms with van der Waals surface area (Å²) in [5.74, 6) is -0.220. The first-order valence-corrected chi connectivity index (χ1v) is 12.5. The van der Waals surface area contributed by atoms with E-state index in [1.165, 1.54) is 17.7 Å². The quantitative estimate of drug-likeness (QED) is 0.476. The van der Waals surface area contributed by atoms with E-state index in [-0.39, 0.29) is 29.0 Å². The predicted octanol–water partition coefficient (Wildman–Crippen LogP) is 5.31. The summed E-state index contributed by atoms with van der Waals surface area (Å²) >= 11 is 0. The Morgan fingerprint density at radius 3 is 2.45 bits per heavy atom. The Balaban J connectivity index is 1.34. The molecule has 5 heteroatoms. The number of carbonyl (C=O) groups excluding carboxylic acids is 1. The minimum absolute atomic E-state index is 0.0205. The van der Waals surface area contributed by atoms with Crippen LogP contribution < -0.4 is 0 Å². The number of aliphatic hydroxyl groups is 2. The molecule has 4 aliphatic carbocycles. The Labute approximate surface area is 196 Å². The van der Waals surface area contributed by atoms with Gasteiger partial charge in [-0.15, -0.1) is 0 Å². The van der Waals surface area contributed by atoms with Gasteiger partial charge in [0.1, 0.15) is 11.4 Å². The molecule has 5 rings (SSSR count). The lowest BCUT2D eigenvalue weighted by molar-refractivity contribution is -0.232. The number of allylic oxidation sites excluding steroid dienone is 1. The lowest BCUT2D eigenvalue weighted by Gasteiger charge is -2.59. The molecule has 3 saturated carbocycles. The Hall–Kier alpha value is -1.56. The molecule has 180 valence electrons. The van der Waals surface area contributed by atoms with E-state index in [4.69, 9.17) is 4.74 Å². The molecule has 0 amide bonds. The van der Waals surface area contributed by atoms with E-state index in [2.05, 4.69) is 19.9 Å². The average molecular weight is 457 g/mol. The van der Waals surface area contributed by atoms with Gasteiger partial charge in [-0.1, -0.05) is 37.6 Å². The van der Waals surface area contributed by atoms with E-state index in [1.54, 1.807) is 19.1 Å². The fourth-order valence-electron chi connectivity index (χ4n) is 8.13. The summed E-state index contributed by atoms with van der Waals surface area (Å²) in [4.78, 5) is 12.4. The maximum Gasteiger partial charge on any atom is 0.169 e. The van der Waals surface area contributed by atoms with Crippen molar-refractivity contribution in [3.8, 4) is 0 Å². The number of benzene rings is 1. The molecule has 7 atom stereocenters. The van der Waals surface area contributed by atoms with Gasteiger partial charge in [0.25, 0.3) is 0 Å². The van der Waals surface area contributed by atoms with Crippen LogP contribution in [0.5, 0.6) is 0 Å². The number of carbonyl (C=O) groups is 1. The average Bonchev–Trinajstić information content (AvgIpc) is 3.06. The highest BCUT2D eigenvalue weighted by Crippen LogP contribution is 2.67. The van der Waals surface area contributed by atoms with Crippen LogP contribution in [0.15, 0.2) is 35.9 Å². The number of ketones is 1. The Kier molecular flexibility index (Phi) is 5.43. The molecule has 4 aliphatic rings. The number of Topliss-reactive ketones (excluding diaryl/α,β-unsaturated/α-hetero) is 1. The van der Waals surface area contributed by atoms with Crippen LogP contribution >= 0.6 is 0 Å². The molecule has 0 radical (unpaired) electrons. The third-order valence-electron chi connectivity index (χ3n) is 10.3. The van der Waals surface area contributed by atoms with Crippen LogP contribution in [0.3, 0.4) is 0 Å². The molecule has 0 aliphatic heterocycles. The highest BCUT2D eigenvalue weighted by molar-refractivity contribution is 5.86. The van der Waals surface area contributed by atoms with Crippen LogP contribution in [0.2, 0.25) is 0 Å². The van der Waals surface area contributed by atoms with Crippen molar-refractivity contribution in [1.29, 1.82) is 0 Å². The predicted molar refractivity (Wildman–Crippen MR) is 123 cm³/mol. The highest BCUT2D eigenvalue weighted by Gasteiger charge is 2.65. The van der Waals surface area contributed by atoms with Crippen molar-refractivity contribution in [3.63, 3.8) is 0 Å². The van der Waals surface area contributed by atoms with Crippen molar-refractivity contribution < 1.29 is 24.1 Å². The second-order valence-corrected chi connectivity index (χ2v) is 11.7. The third-order valence-corrected chi connectivity index (χ3v) is 10.3. The molecule has 3 fully saturated rings. The lowest BCUT2D eigenvalue weighted by atomic mass is 9.46. The second-order valence-electron chi connectivity index (χ2n) is 11.7. The molecule has 0 unspecified atom stereocenters. The molecule has 4 nitrogen and oxygen atoms in total. The van der Waals surface area contributed by atoms with E-state index in [9.17, 15) is 19.4 Å². The van der Waals surface area contributed by atoms with Gasteiger partial charge in [0, 0.05) is 18.3 Å². The molecule has 0 bridgehead atoms. The van der Waals surface area contributed by atoms with E-state index in [1.807, 2.05) is 0 Å². The van der Waals surface area contributed by atoms with Crippen molar-refractivity contribution in [1.82, 2.24) is 0 Å². The monoisotopic (exact) mass is 456 g/mol. The van der Waals surface area contributed by atoms with Gasteiger partial charge in [-0.05, 0) is 86.3 Å². The zero-order valence-electron chi connectivity index (χ0n) is 20.1. The summed E-state index contributed by atoms with van der Waals surface area (Å²) in [7, 11) is 0. The third kappa shape index (κ3) is 3.45. The Morgan fingerprint density at radius 1 is 1.06 bits per heavy atom. The molecule has 2 N–H and O–H groups in total. The van der Waals surface area contributed by atoms with E-state index in [0.29, 0.717) is 37.0 Å². The van der Waals surface area contributed by atoms with Gasteiger partial charge < -0.3 is 14.9 Å². The van der Waals surface area contributed by atoms with Gasteiger partial charge in [0.05, 0.1) is 6.61 Å². The topological polar surface area (TPSA) is 66.8 Å². The fourth-order valence-corrected chi connectivity index (χ4v) is 8.13. The minimum atomic E-state index is -1.20. The van der Waals surface area contributed by atoms with Crippen LogP contribution in [0, 0.1) is 34.4 Å². The van der Waals surface area contributed by atoms with E-state index >= 15 is 0 Å². The molecular weight excluding hydrogens is 419 g/mol. The van der Waals surface area contributed by atoms with Gasteiger partial charge in [-0.2, -0.15) is 0 Å². The van der Waals surface area contributed by atoms with E-state index in [0.717, 1.165) is 37.7 Å². The summed E-state index contributed by atoms with van der Waals surface area (Å²) in [5, 5.41) is 22.6. The summed E-state index contributed by atoms with van der Waals surface area (Å²) in [6.45, 7) is 6.31.